The molecule has 0 amide bonds. The van der Waals surface area contributed by atoms with Gasteiger partial charge in [-0.2, -0.15) is 0 Å². The first kappa shape index (κ1) is 78.8. The molecule has 130 heavy (non-hydrogen) atoms. The Kier molecular flexibility index (Phi) is 17.1. The Bertz CT molecular complexity index is 8420. The van der Waals surface area contributed by atoms with Gasteiger partial charge in [-0.1, -0.05) is 309 Å². The first-order valence-corrected chi connectivity index (χ1v) is 45.9. The highest BCUT2D eigenvalue weighted by atomic mass is 16.3. The van der Waals surface area contributed by atoms with Gasteiger partial charge in [0.25, 0.3) is 0 Å². The Morgan fingerprint density at radius 3 is 1.10 bits per heavy atom. The van der Waals surface area contributed by atoms with Gasteiger partial charge in [-0.3, -0.25) is 0 Å². The van der Waals surface area contributed by atoms with Crippen LogP contribution in [0.3, 0.4) is 0 Å². The first-order valence-electron chi connectivity index (χ1n) is 45.9. The van der Waals surface area contributed by atoms with Crippen LogP contribution in [0.4, 0.5) is 34.1 Å². The van der Waals surface area contributed by atoms with Crippen LogP contribution in [0.2, 0.25) is 0 Å². The first-order chi connectivity index (χ1) is 62.8. The fourth-order valence-electron chi connectivity index (χ4n) is 23.0. The van der Waals surface area contributed by atoms with Crippen LogP contribution in [0.1, 0.15) is 141 Å². The molecule has 4 aliphatic rings. The zero-order valence-corrected chi connectivity index (χ0v) is 76.0. The van der Waals surface area contributed by atoms with Crippen LogP contribution in [-0.2, 0) is 37.9 Å². The van der Waals surface area contributed by atoms with E-state index in [-0.39, 0.29) is 37.9 Å². The highest BCUT2D eigenvalue weighted by Crippen LogP contribution is 2.63. The molecule has 0 saturated heterocycles. The van der Waals surface area contributed by atoms with Gasteiger partial charge in [0, 0.05) is 116 Å². The summed E-state index contributed by atoms with van der Waals surface area (Å²) in [4.78, 5) is 4.78. The topological polar surface area (TPSA) is 64.0 Å². The zero-order chi connectivity index (χ0) is 88.6. The molecule has 4 aliphatic carbocycles. The number of furan rings is 4. The van der Waals surface area contributed by atoms with E-state index in [1.807, 2.05) is 18.2 Å². The average molecular weight is 1690 g/mol. The van der Waals surface area contributed by atoms with Gasteiger partial charge in [0.1, 0.15) is 44.7 Å². The lowest BCUT2D eigenvalue weighted by molar-refractivity contribution is 0.299. The number of para-hydroxylation sites is 8. The third kappa shape index (κ3) is 11.2. The summed E-state index contributed by atoms with van der Waals surface area (Å²) in [7, 11) is 0. The van der Waals surface area contributed by atoms with Crippen LogP contribution in [0, 0.1) is 0 Å². The number of hydrogen-bond acceptors (Lipinski definition) is 6. The lowest BCUT2D eigenvalue weighted by Gasteiger charge is -2.48. The Morgan fingerprint density at radius 1 is 0.208 bits per heavy atom. The maximum atomic E-state index is 6.57. The number of rotatable bonds is 7. The number of benzene rings is 17. The van der Waals surface area contributed by atoms with E-state index in [0.29, 0.717) is 0 Å². The van der Waals surface area contributed by atoms with Crippen LogP contribution < -0.4 is 9.80 Å². The summed E-state index contributed by atoms with van der Waals surface area (Å²) in [5, 5.41) is 12.0. The van der Waals surface area contributed by atoms with E-state index in [2.05, 4.69) is 451 Å². The summed E-state index contributed by atoms with van der Waals surface area (Å²) >= 11 is 0. The molecule has 0 unspecified atom stereocenters. The second kappa shape index (κ2) is 28.2. The molecule has 5 heterocycles. The fourth-order valence-corrected chi connectivity index (χ4v) is 23.0. The van der Waals surface area contributed by atoms with E-state index in [1.54, 1.807) is 0 Å². The third-order valence-corrected chi connectivity index (χ3v) is 32.0. The van der Waals surface area contributed by atoms with Gasteiger partial charge in [0.15, 0.2) is 0 Å². The third-order valence-electron chi connectivity index (χ3n) is 32.0. The summed E-state index contributed by atoms with van der Waals surface area (Å²) in [6, 6.07) is 130. The second-order valence-electron chi connectivity index (χ2n) is 40.2. The van der Waals surface area contributed by atoms with Crippen LogP contribution in [0.5, 0.6) is 0 Å². The minimum absolute atomic E-state index is 0.0748. The van der Waals surface area contributed by atoms with Crippen molar-refractivity contribution in [3.63, 3.8) is 0 Å². The molecule has 7 nitrogen and oxygen atoms in total. The molecule has 0 saturated carbocycles. The summed E-state index contributed by atoms with van der Waals surface area (Å²) in [5.41, 5.74) is 38.4. The fraction of sp³-hybridized carbons (Fsp3) is 0.171. The molecule has 0 radical (unpaired) electrons. The minimum atomic E-state index is -0.151. The molecule has 0 fully saturated rings. The Hall–Kier alpha value is -14.7. The Labute approximate surface area is 758 Å². The maximum Gasteiger partial charge on any atom is 0.139 e. The van der Waals surface area contributed by atoms with Crippen LogP contribution in [0.25, 0.3) is 160 Å². The van der Waals surface area contributed by atoms with E-state index < -0.39 is 0 Å². The standard InChI is InChI=1S/C45H39NO.C42H33NO2.C36H29NO/c1-43(2)35-18-12-10-16-31(35)32-22-20-29(26-37(32)43)46(28-14-8-7-9-15-28)30-21-23-33-38(27-30)45(5,6)44(3,4)36-24-25-40-42(41(33)36)34-17-11-13-19-39(34)47-40;1-41(2)33-22-23-37-40(32-15-9-11-17-36(32)44-37)39(33)31-21-19-27(24-34(31)42(41,3)4)43(26-12-6-5-7-13-26)28-18-20-30-29-14-8-10-16-35(29)45-38(30)25-28;1-35(2)29-21-22(37-30-14-8-5-11-24(30)25-12-6-9-15-31(25)37)17-18-23(29)27-19-20-28-26-13-7-10-16-32(26)38-34(28)33(27)36(35,3)4/h7-27H,1-6H3;5-25H,1-4H3;5-21H,1-4H3. The molecular formula is C123H101N3O4. The number of aromatic nitrogens is 1. The molecule has 0 N–H and O–H groups in total. The van der Waals surface area contributed by atoms with Crippen LogP contribution >= 0.6 is 0 Å². The van der Waals surface area contributed by atoms with Crippen molar-refractivity contribution in [2.45, 2.75) is 135 Å². The Balaban J connectivity index is 0.000000109. The highest BCUT2D eigenvalue weighted by Gasteiger charge is 2.51. The SMILES string of the molecule is CC1(C)c2cc(-n3c4ccccc4c4ccccc43)ccc2-c2ccc3c(oc4ccccc43)c2C1(C)C.CC1(C)c2cc(N(c3ccccc3)c3ccc4c(c3)oc3ccccc34)ccc2-c2c(ccc3oc4ccccc4c23)C1(C)C.CC1(C)c2ccccc2-c2ccc(N(c3ccccc3)c3ccc4c(c3)C(C)(C)C(C)(C)c3ccc5oc6ccccc6c5c3-4)cc21. The molecular weight excluding hydrogens is 1580 g/mol. The minimum Gasteiger partial charge on any atom is -0.456 e. The smallest absolute Gasteiger partial charge is 0.139 e. The molecule has 632 valence electrons. The predicted molar refractivity (Wildman–Crippen MR) is 544 cm³/mol. The molecule has 0 spiro atoms. The van der Waals surface area contributed by atoms with E-state index in [4.69, 9.17) is 17.7 Å². The second-order valence-corrected chi connectivity index (χ2v) is 40.2. The van der Waals surface area contributed by atoms with Gasteiger partial charge in [-0.05, 0) is 250 Å². The van der Waals surface area contributed by atoms with Crippen molar-refractivity contribution < 1.29 is 17.7 Å². The van der Waals surface area contributed by atoms with Gasteiger partial charge < -0.3 is 32.0 Å². The molecule has 26 rings (SSSR count). The lowest BCUT2D eigenvalue weighted by atomic mass is 9.55. The van der Waals surface area contributed by atoms with E-state index in [1.165, 1.54) is 160 Å². The van der Waals surface area contributed by atoms with Crippen molar-refractivity contribution in [3.05, 3.63) is 402 Å². The Morgan fingerprint density at radius 2 is 0.562 bits per heavy atom. The van der Waals surface area contributed by atoms with Gasteiger partial charge in [-0.25, -0.2) is 0 Å². The highest BCUT2D eigenvalue weighted by molar-refractivity contribution is 6.17. The number of nitrogens with zero attached hydrogens (tertiary/aromatic N) is 3. The molecule has 22 aromatic rings. The zero-order valence-electron chi connectivity index (χ0n) is 76.0. The number of fused-ring (bicyclic) bond motifs is 30. The van der Waals surface area contributed by atoms with Gasteiger partial charge in [0.2, 0.25) is 0 Å². The molecule has 0 bridgehead atoms. The number of hydrogen-bond donors (Lipinski definition) is 0. The monoisotopic (exact) mass is 1680 g/mol. The van der Waals surface area contributed by atoms with E-state index >= 15 is 0 Å². The molecule has 17 aromatic carbocycles. The quantitative estimate of drug-likeness (QED) is 0.158. The van der Waals surface area contributed by atoms with E-state index in [9.17, 15) is 0 Å². The van der Waals surface area contributed by atoms with Crippen molar-refractivity contribution >= 4 is 144 Å². The van der Waals surface area contributed by atoms with Crippen molar-refractivity contribution in [1.82, 2.24) is 4.57 Å². The summed E-state index contributed by atoms with van der Waals surface area (Å²) in [6.45, 7) is 33.5. The number of anilines is 6. The van der Waals surface area contributed by atoms with Crippen LogP contribution in [0.15, 0.2) is 376 Å². The largest absolute Gasteiger partial charge is 0.456 e. The molecule has 5 aromatic heterocycles. The normalized spacial score (nSPS) is 15.7. The van der Waals surface area contributed by atoms with Crippen molar-refractivity contribution in [2.24, 2.45) is 0 Å². The maximum absolute atomic E-state index is 6.57. The van der Waals surface area contributed by atoms with E-state index in [0.717, 1.165) is 78.2 Å². The summed E-state index contributed by atoms with van der Waals surface area (Å²) in [5.74, 6) is 0. The average Bonchev–Trinajstić information content (AvgIpc) is 1.30. The van der Waals surface area contributed by atoms with Gasteiger partial charge in [0.05, 0.1) is 11.0 Å². The van der Waals surface area contributed by atoms with Crippen molar-refractivity contribution in [3.8, 4) is 50.2 Å². The lowest BCUT2D eigenvalue weighted by Crippen LogP contribution is -2.43. The summed E-state index contributed by atoms with van der Waals surface area (Å²) in [6.07, 6.45) is 0. The van der Waals surface area contributed by atoms with Crippen molar-refractivity contribution in [2.75, 3.05) is 9.80 Å². The molecule has 0 aliphatic heterocycles. The van der Waals surface area contributed by atoms with Crippen molar-refractivity contribution in [1.29, 1.82) is 0 Å². The predicted octanol–water partition coefficient (Wildman–Crippen LogP) is 34.7. The van der Waals surface area contributed by atoms with Gasteiger partial charge in [-0.15, -0.1) is 0 Å². The molecule has 0 atom stereocenters. The molecule has 7 heteroatoms. The summed E-state index contributed by atoms with van der Waals surface area (Å²) < 4.78 is 28.1. The van der Waals surface area contributed by atoms with Crippen LogP contribution in [-0.4, -0.2) is 4.57 Å². The van der Waals surface area contributed by atoms with Gasteiger partial charge >= 0.3 is 0 Å².